The molecule has 0 saturated carbocycles. The van der Waals surface area contributed by atoms with E-state index in [9.17, 15) is 0 Å². The second-order valence-corrected chi connectivity index (χ2v) is 6.63. The fourth-order valence-electron chi connectivity index (χ4n) is 2.01. The first kappa shape index (κ1) is 14.7. The number of aromatic nitrogens is 1. The van der Waals surface area contributed by atoms with E-state index in [4.69, 9.17) is 0 Å². The maximum atomic E-state index is 4.41. The van der Waals surface area contributed by atoms with Crippen LogP contribution in [0.1, 0.15) is 31.0 Å². The van der Waals surface area contributed by atoms with E-state index in [-0.39, 0.29) is 0 Å². The second kappa shape index (κ2) is 7.17. The number of halogens is 1. The molecule has 4 heteroatoms. The minimum Gasteiger partial charge on any atom is -0.314 e. The van der Waals surface area contributed by atoms with Crippen molar-refractivity contribution >= 4 is 27.3 Å². The van der Waals surface area contributed by atoms with Crippen molar-refractivity contribution in [3.05, 3.63) is 50.9 Å². The van der Waals surface area contributed by atoms with E-state index in [1.54, 1.807) is 11.3 Å². The lowest BCUT2D eigenvalue weighted by Crippen LogP contribution is -2.29. The molecular formula is C15H19BrN2S. The smallest absolute Gasteiger partial charge is 0.0794 e. The molecule has 0 aliphatic heterocycles. The van der Waals surface area contributed by atoms with Gasteiger partial charge in [0.05, 0.1) is 11.2 Å². The first-order valence-electron chi connectivity index (χ1n) is 6.51. The highest BCUT2D eigenvalue weighted by atomic mass is 79.9. The molecule has 0 aliphatic carbocycles. The van der Waals surface area contributed by atoms with Crippen LogP contribution in [0, 0.1) is 0 Å². The third kappa shape index (κ3) is 4.71. The Hall–Kier alpha value is -0.710. The van der Waals surface area contributed by atoms with Gasteiger partial charge in [0, 0.05) is 28.4 Å². The standard InChI is InChI=1S/C15H19BrN2S/c1-11(2)17-8-13(7-15-9-19-10-18-15)12-3-5-14(16)6-4-12/h3-6,9-11,13,17H,7-8H2,1-2H3. The minimum atomic E-state index is 0.470. The Morgan fingerprint density at radius 2 is 2.00 bits per heavy atom. The normalized spacial score (nSPS) is 12.8. The molecule has 1 unspecified atom stereocenters. The van der Waals surface area contributed by atoms with Crippen molar-refractivity contribution < 1.29 is 0 Å². The number of hydrogen-bond donors (Lipinski definition) is 1. The first-order valence-corrected chi connectivity index (χ1v) is 8.24. The molecule has 2 rings (SSSR count). The van der Waals surface area contributed by atoms with E-state index in [1.165, 1.54) is 11.3 Å². The van der Waals surface area contributed by atoms with E-state index < -0.39 is 0 Å². The average molecular weight is 339 g/mol. The summed E-state index contributed by atoms with van der Waals surface area (Å²) >= 11 is 5.16. The molecule has 0 saturated heterocycles. The lowest BCUT2D eigenvalue weighted by molar-refractivity contribution is 0.524. The molecule has 19 heavy (non-hydrogen) atoms. The zero-order chi connectivity index (χ0) is 13.7. The highest BCUT2D eigenvalue weighted by Crippen LogP contribution is 2.22. The molecule has 0 bridgehead atoms. The summed E-state index contributed by atoms with van der Waals surface area (Å²) < 4.78 is 1.13. The van der Waals surface area contributed by atoms with Crippen LogP contribution in [-0.4, -0.2) is 17.6 Å². The van der Waals surface area contributed by atoms with Gasteiger partial charge in [-0.1, -0.05) is 41.9 Å². The molecule has 0 fully saturated rings. The largest absolute Gasteiger partial charge is 0.314 e. The fraction of sp³-hybridized carbons (Fsp3) is 0.400. The SMILES string of the molecule is CC(C)NCC(Cc1cscn1)c1ccc(Br)cc1. The topological polar surface area (TPSA) is 24.9 Å². The summed E-state index contributed by atoms with van der Waals surface area (Å²) in [5.41, 5.74) is 4.46. The average Bonchev–Trinajstić information content (AvgIpc) is 2.88. The van der Waals surface area contributed by atoms with Crippen LogP contribution in [-0.2, 0) is 6.42 Å². The predicted octanol–water partition coefficient (Wildman–Crippen LogP) is 4.23. The van der Waals surface area contributed by atoms with Gasteiger partial charge in [-0.25, -0.2) is 4.98 Å². The van der Waals surface area contributed by atoms with Gasteiger partial charge < -0.3 is 5.32 Å². The van der Waals surface area contributed by atoms with E-state index >= 15 is 0 Å². The van der Waals surface area contributed by atoms with Gasteiger partial charge in [-0.3, -0.25) is 0 Å². The van der Waals surface area contributed by atoms with Crippen molar-refractivity contribution in [1.82, 2.24) is 10.3 Å². The number of rotatable bonds is 6. The van der Waals surface area contributed by atoms with Gasteiger partial charge in [-0.05, 0) is 24.1 Å². The van der Waals surface area contributed by atoms with Gasteiger partial charge >= 0.3 is 0 Å². The minimum absolute atomic E-state index is 0.470. The molecule has 2 aromatic rings. The molecule has 0 aliphatic rings. The Labute approximate surface area is 127 Å². The summed E-state index contributed by atoms with van der Waals surface area (Å²) in [5, 5.41) is 5.68. The van der Waals surface area contributed by atoms with Gasteiger partial charge in [-0.2, -0.15) is 0 Å². The van der Waals surface area contributed by atoms with Crippen LogP contribution in [0.3, 0.4) is 0 Å². The first-order chi connectivity index (χ1) is 9.15. The summed E-state index contributed by atoms with van der Waals surface area (Å²) in [7, 11) is 0. The Bertz CT molecular complexity index is 479. The van der Waals surface area contributed by atoms with Crippen molar-refractivity contribution in [2.75, 3.05) is 6.54 Å². The lowest BCUT2D eigenvalue weighted by atomic mass is 9.94. The van der Waals surface area contributed by atoms with Gasteiger partial charge in [-0.15, -0.1) is 11.3 Å². The Kier molecular flexibility index (Phi) is 5.55. The number of nitrogens with zero attached hydrogens (tertiary/aromatic N) is 1. The molecule has 1 aromatic carbocycles. The number of benzene rings is 1. The highest BCUT2D eigenvalue weighted by Gasteiger charge is 2.14. The van der Waals surface area contributed by atoms with Crippen LogP contribution >= 0.6 is 27.3 Å². The third-order valence-electron chi connectivity index (χ3n) is 3.05. The van der Waals surface area contributed by atoms with Gasteiger partial charge in [0.1, 0.15) is 0 Å². The predicted molar refractivity (Wildman–Crippen MR) is 85.8 cm³/mol. The van der Waals surface area contributed by atoms with Crippen molar-refractivity contribution in [1.29, 1.82) is 0 Å². The second-order valence-electron chi connectivity index (χ2n) is 5.00. The van der Waals surface area contributed by atoms with Gasteiger partial charge in [0.15, 0.2) is 0 Å². The Balaban J connectivity index is 2.11. The molecular weight excluding hydrogens is 320 g/mol. The monoisotopic (exact) mass is 338 g/mol. The quantitative estimate of drug-likeness (QED) is 0.852. The van der Waals surface area contributed by atoms with Crippen LogP contribution in [0.25, 0.3) is 0 Å². The van der Waals surface area contributed by atoms with Crippen LogP contribution in [0.4, 0.5) is 0 Å². The summed E-state index contributed by atoms with van der Waals surface area (Å²) in [6.07, 6.45) is 0.991. The molecule has 102 valence electrons. The third-order valence-corrected chi connectivity index (χ3v) is 4.22. The van der Waals surface area contributed by atoms with Crippen molar-refractivity contribution in [3.63, 3.8) is 0 Å². The van der Waals surface area contributed by atoms with Crippen LogP contribution in [0.2, 0.25) is 0 Å². The summed E-state index contributed by atoms with van der Waals surface area (Å²) in [6, 6.07) is 9.12. The van der Waals surface area contributed by atoms with E-state index in [2.05, 4.69) is 69.7 Å². The van der Waals surface area contributed by atoms with E-state index in [1.807, 2.05) is 5.51 Å². The van der Waals surface area contributed by atoms with Crippen molar-refractivity contribution in [2.24, 2.45) is 0 Å². The maximum Gasteiger partial charge on any atom is 0.0794 e. The molecule has 0 amide bonds. The lowest BCUT2D eigenvalue weighted by Gasteiger charge is -2.19. The molecule has 1 heterocycles. The molecule has 0 spiro atoms. The van der Waals surface area contributed by atoms with Crippen molar-refractivity contribution in [3.8, 4) is 0 Å². The zero-order valence-electron chi connectivity index (χ0n) is 11.3. The summed E-state index contributed by atoms with van der Waals surface area (Å²) in [5.74, 6) is 0.470. The van der Waals surface area contributed by atoms with E-state index in [0.717, 1.165) is 17.4 Å². The number of thiazole rings is 1. The van der Waals surface area contributed by atoms with Crippen LogP contribution in [0.5, 0.6) is 0 Å². The Morgan fingerprint density at radius 3 is 2.58 bits per heavy atom. The van der Waals surface area contributed by atoms with Gasteiger partial charge in [0.25, 0.3) is 0 Å². The fourth-order valence-corrected chi connectivity index (χ4v) is 2.85. The van der Waals surface area contributed by atoms with E-state index in [0.29, 0.717) is 12.0 Å². The van der Waals surface area contributed by atoms with Crippen LogP contribution in [0.15, 0.2) is 39.6 Å². The molecule has 0 radical (unpaired) electrons. The maximum absolute atomic E-state index is 4.41. The number of hydrogen-bond acceptors (Lipinski definition) is 3. The molecule has 1 N–H and O–H groups in total. The number of nitrogens with one attached hydrogen (secondary N) is 1. The van der Waals surface area contributed by atoms with Crippen LogP contribution < -0.4 is 5.32 Å². The van der Waals surface area contributed by atoms with Crippen molar-refractivity contribution in [2.45, 2.75) is 32.2 Å². The Morgan fingerprint density at radius 1 is 1.26 bits per heavy atom. The van der Waals surface area contributed by atoms with Gasteiger partial charge in [0.2, 0.25) is 0 Å². The molecule has 1 aromatic heterocycles. The summed E-state index contributed by atoms with van der Waals surface area (Å²) in [4.78, 5) is 4.41. The molecule has 2 nitrogen and oxygen atoms in total. The molecule has 1 atom stereocenters. The highest BCUT2D eigenvalue weighted by molar-refractivity contribution is 9.10. The summed E-state index contributed by atoms with van der Waals surface area (Å²) in [6.45, 7) is 5.35. The zero-order valence-corrected chi connectivity index (χ0v) is 13.7.